The molecule has 2 heterocycles. The highest BCUT2D eigenvalue weighted by molar-refractivity contribution is 4.93. The lowest BCUT2D eigenvalue weighted by Gasteiger charge is -2.28. The van der Waals surface area contributed by atoms with Gasteiger partial charge in [0.25, 0.3) is 0 Å². The zero-order valence-electron chi connectivity index (χ0n) is 7.52. The van der Waals surface area contributed by atoms with E-state index in [2.05, 4.69) is 10.1 Å². The summed E-state index contributed by atoms with van der Waals surface area (Å²) in [6.07, 6.45) is 3.47. The Hall–Kier alpha value is -0.870. The van der Waals surface area contributed by atoms with E-state index in [9.17, 15) is 5.11 Å². The number of hydrogen-bond donors (Lipinski definition) is 1. The fourth-order valence-corrected chi connectivity index (χ4v) is 1.72. The predicted octanol–water partition coefficient (Wildman–Crippen LogP) is 0.631. The summed E-state index contributed by atoms with van der Waals surface area (Å²) < 4.78 is 5.00. The minimum atomic E-state index is -0.170. The van der Waals surface area contributed by atoms with Crippen LogP contribution < -0.4 is 0 Å². The Morgan fingerprint density at radius 2 is 2.62 bits per heavy atom. The Labute approximate surface area is 77.1 Å². The molecule has 0 radical (unpaired) electrons. The van der Waals surface area contributed by atoms with Gasteiger partial charge in [-0.25, -0.2) is 0 Å². The summed E-state index contributed by atoms with van der Waals surface area (Å²) in [6, 6.07) is 1.86. The summed E-state index contributed by atoms with van der Waals surface area (Å²) in [4.78, 5) is 2.19. The topological polar surface area (TPSA) is 49.5 Å². The molecule has 0 bridgehead atoms. The first kappa shape index (κ1) is 8.72. The Kier molecular flexibility index (Phi) is 2.61. The standard InChI is InChI=1S/C9H14N2O2/c12-8-2-1-5-11(6-8)7-9-3-4-10-13-9/h3-4,8,12H,1-2,5-7H2/t8-/m0/s1. The fraction of sp³-hybridized carbons (Fsp3) is 0.667. The van der Waals surface area contributed by atoms with Crippen molar-refractivity contribution in [3.8, 4) is 0 Å². The molecule has 13 heavy (non-hydrogen) atoms. The molecule has 0 saturated carbocycles. The van der Waals surface area contributed by atoms with Crippen LogP contribution in [0.3, 0.4) is 0 Å². The molecule has 1 fully saturated rings. The Balaban J connectivity index is 1.87. The van der Waals surface area contributed by atoms with E-state index in [1.807, 2.05) is 6.07 Å². The second kappa shape index (κ2) is 3.89. The summed E-state index contributed by atoms with van der Waals surface area (Å²) in [7, 11) is 0. The average molecular weight is 182 g/mol. The van der Waals surface area contributed by atoms with Crippen LogP contribution in [0.1, 0.15) is 18.6 Å². The number of aromatic nitrogens is 1. The van der Waals surface area contributed by atoms with Crippen molar-refractivity contribution >= 4 is 0 Å². The molecule has 1 N–H and O–H groups in total. The van der Waals surface area contributed by atoms with Crippen LogP contribution in [-0.4, -0.2) is 34.4 Å². The number of likely N-dealkylation sites (tertiary alicyclic amines) is 1. The van der Waals surface area contributed by atoms with Crippen molar-refractivity contribution in [1.82, 2.24) is 10.1 Å². The highest BCUT2D eigenvalue weighted by Gasteiger charge is 2.18. The Bertz CT molecular complexity index is 248. The fourth-order valence-electron chi connectivity index (χ4n) is 1.72. The van der Waals surface area contributed by atoms with E-state index in [0.29, 0.717) is 0 Å². The number of aliphatic hydroxyl groups excluding tert-OH is 1. The van der Waals surface area contributed by atoms with E-state index < -0.39 is 0 Å². The first-order valence-corrected chi connectivity index (χ1v) is 4.64. The average Bonchev–Trinajstić information content (AvgIpc) is 2.57. The van der Waals surface area contributed by atoms with Gasteiger partial charge in [0, 0.05) is 12.6 Å². The molecule has 1 aromatic heterocycles. The predicted molar refractivity (Wildman–Crippen MR) is 47.0 cm³/mol. The minimum Gasteiger partial charge on any atom is -0.392 e. The minimum absolute atomic E-state index is 0.170. The van der Waals surface area contributed by atoms with Crippen LogP contribution in [0.25, 0.3) is 0 Å². The van der Waals surface area contributed by atoms with Gasteiger partial charge in [-0.05, 0) is 19.4 Å². The molecule has 4 nitrogen and oxygen atoms in total. The molecule has 1 aliphatic rings. The molecule has 1 aliphatic heterocycles. The summed E-state index contributed by atoms with van der Waals surface area (Å²) in [5, 5.41) is 13.1. The van der Waals surface area contributed by atoms with Gasteiger partial charge in [0.2, 0.25) is 0 Å². The van der Waals surface area contributed by atoms with Crippen LogP contribution in [0.4, 0.5) is 0 Å². The zero-order chi connectivity index (χ0) is 9.10. The molecule has 1 atom stereocenters. The van der Waals surface area contributed by atoms with Gasteiger partial charge in [-0.1, -0.05) is 5.16 Å². The second-order valence-electron chi connectivity index (χ2n) is 3.51. The third-order valence-electron chi connectivity index (χ3n) is 2.35. The first-order valence-electron chi connectivity index (χ1n) is 4.64. The molecule has 0 unspecified atom stereocenters. The van der Waals surface area contributed by atoms with Gasteiger partial charge in [-0.3, -0.25) is 4.90 Å². The molecule has 0 spiro atoms. The Morgan fingerprint density at radius 1 is 1.69 bits per heavy atom. The van der Waals surface area contributed by atoms with Crippen LogP contribution in [0.15, 0.2) is 16.8 Å². The summed E-state index contributed by atoms with van der Waals surface area (Å²) in [5.41, 5.74) is 0. The lowest BCUT2D eigenvalue weighted by Crippen LogP contribution is -2.37. The molecule has 4 heteroatoms. The van der Waals surface area contributed by atoms with Crippen molar-refractivity contribution in [2.24, 2.45) is 0 Å². The third kappa shape index (κ3) is 2.29. The van der Waals surface area contributed by atoms with Gasteiger partial charge in [-0.15, -0.1) is 0 Å². The van der Waals surface area contributed by atoms with Crippen LogP contribution in [-0.2, 0) is 6.54 Å². The molecule has 0 aromatic carbocycles. The number of aliphatic hydroxyl groups is 1. The molecular formula is C9H14N2O2. The van der Waals surface area contributed by atoms with E-state index in [1.165, 1.54) is 0 Å². The number of β-amino-alcohol motifs (C(OH)–C–C–N with tert-alkyl or cyclic N) is 1. The van der Waals surface area contributed by atoms with Crippen LogP contribution >= 0.6 is 0 Å². The van der Waals surface area contributed by atoms with Crippen molar-refractivity contribution in [2.45, 2.75) is 25.5 Å². The van der Waals surface area contributed by atoms with E-state index in [1.54, 1.807) is 6.20 Å². The third-order valence-corrected chi connectivity index (χ3v) is 2.35. The van der Waals surface area contributed by atoms with Gasteiger partial charge in [0.1, 0.15) is 0 Å². The quantitative estimate of drug-likeness (QED) is 0.729. The van der Waals surface area contributed by atoms with Crippen molar-refractivity contribution in [3.63, 3.8) is 0 Å². The van der Waals surface area contributed by atoms with Crippen molar-refractivity contribution in [3.05, 3.63) is 18.0 Å². The highest BCUT2D eigenvalue weighted by Crippen LogP contribution is 2.12. The molecule has 0 amide bonds. The molecule has 1 aromatic rings. The molecular weight excluding hydrogens is 168 g/mol. The summed E-state index contributed by atoms with van der Waals surface area (Å²) >= 11 is 0. The van der Waals surface area contributed by atoms with Gasteiger partial charge < -0.3 is 9.63 Å². The van der Waals surface area contributed by atoms with E-state index >= 15 is 0 Å². The number of rotatable bonds is 2. The monoisotopic (exact) mass is 182 g/mol. The van der Waals surface area contributed by atoms with Gasteiger partial charge >= 0.3 is 0 Å². The van der Waals surface area contributed by atoms with Crippen LogP contribution in [0.2, 0.25) is 0 Å². The Morgan fingerprint density at radius 3 is 3.31 bits per heavy atom. The van der Waals surface area contributed by atoms with E-state index in [0.717, 1.165) is 38.2 Å². The lowest BCUT2D eigenvalue weighted by atomic mass is 10.1. The normalized spacial score (nSPS) is 24.8. The maximum atomic E-state index is 9.42. The summed E-state index contributed by atoms with van der Waals surface area (Å²) in [6.45, 7) is 2.55. The zero-order valence-corrected chi connectivity index (χ0v) is 7.52. The molecule has 1 saturated heterocycles. The molecule has 72 valence electrons. The van der Waals surface area contributed by atoms with Crippen molar-refractivity contribution < 1.29 is 9.63 Å². The second-order valence-corrected chi connectivity index (χ2v) is 3.51. The van der Waals surface area contributed by atoms with Gasteiger partial charge in [-0.2, -0.15) is 0 Å². The van der Waals surface area contributed by atoms with E-state index in [4.69, 9.17) is 4.52 Å². The maximum Gasteiger partial charge on any atom is 0.150 e. The number of hydrogen-bond acceptors (Lipinski definition) is 4. The number of nitrogens with zero attached hydrogens (tertiary/aromatic N) is 2. The van der Waals surface area contributed by atoms with Gasteiger partial charge in [0.15, 0.2) is 5.76 Å². The first-order chi connectivity index (χ1) is 6.34. The smallest absolute Gasteiger partial charge is 0.150 e. The molecule has 2 rings (SSSR count). The number of piperidine rings is 1. The largest absolute Gasteiger partial charge is 0.392 e. The lowest BCUT2D eigenvalue weighted by molar-refractivity contribution is 0.0622. The van der Waals surface area contributed by atoms with Crippen LogP contribution in [0, 0.1) is 0 Å². The highest BCUT2D eigenvalue weighted by atomic mass is 16.5. The summed E-state index contributed by atoms with van der Waals surface area (Å²) in [5.74, 6) is 0.870. The SMILES string of the molecule is O[C@H]1CCCN(Cc2ccno2)C1. The van der Waals surface area contributed by atoms with E-state index in [-0.39, 0.29) is 6.10 Å². The maximum absolute atomic E-state index is 9.42. The van der Waals surface area contributed by atoms with Crippen molar-refractivity contribution in [1.29, 1.82) is 0 Å². The van der Waals surface area contributed by atoms with Crippen LogP contribution in [0.5, 0.6) is 0 Å². The molecule has 0 aliphatic carbocycles. The van der Waals surface area contributed by atoms with Crippen molar-refractivity contribution in [2.75, 3.05) is 13.1 Å². The van der Waals surface area contributed by atoms with Gasteiger partial charge in [0.05, 0.1) is 18.8 Å².